The van der Waals surface area contributed by atoms with Crippen molar-refractivity contribution in [2.75, 3.05) is 0 Å². The van der Waals surface area contributed by atoms with E-state index < -0.39 is 0 Å². The lowest BCUT2D eigenvalue weighted by Crippen LogP contribution is -2.35. The van der Waals surface area contributed by atoms with Gasteiger partial charge in [0.2, 0.25) is 0 Å². The average molecular weight is 298 g/mol. The quantitative estimate of drug-likeness (QED) is 0.930. The van der Waals surface area contributed by atoms with Crippen molar-refractivity contribution in [2.45, 2.75) is 58.2 Å². The molecule has 17 heavy (non-hydrogen) atoms. The smallest absolute Gasteiger partial charge is 0.127 e. The third-order valence-electron chi connectivity index (χ3n) is 4.14. The molecular weight excluding hydrogens is 278 g/mol. The van der Waals surface area contributed by atoms with E-state index in [4.69, 9.17) is 0 Å². The van der Waals surface area contributed by atoms with E-state index in [1.54, 1.807) is 0 Å². The van der Waals surface area contributed by atoms with Gasteiger partial charge < -0.3 is 9.88 Å². The Morgan fingerprint density at radius 3 is 2.94 bits per heavy atom. The second kappa shape index (κ2) is 4.73. The number of halogens is 1. The predicted octanol–water partition coefficient (Wildman–Crippen LogP) is 2.87. The Hall–Kier alpha value is -0.350. The van der Waals surface area contributed by atoms with Crippen LogP contribution in [-0.2, 0) is 19.5 Å². The van der Waals surface area contributed by atoms with Gasteiger partial charge in [-0.05, 0) is 47.5 Å². The fourth-order valence-corrected chi connectivity index (χ4v) is 3.31. The molecule has 0 spiro atoms. The summed E-state index contributed by atoms with van der Waals surface area (Å²) in [5, 5.41) is 3.61. The maximum atomic E-state index is 4.67. The first-order valence-electron chi connectivity index (χ1n) is 6.71. The summed E-state index contributed by atoms with van der Waals surface area (Å²) in [5.41, 5.74) is 1.40. The molecular formula is C13H20BrN3. The molecule has 1 unspecified atom stereocenters. The van der Waals surface area contributed by atoms with Crippen LogP contribution in [0.4, 0.5) is 0 Å². The van der Waals surface area contributed by atoms with Crippen molar-refractivity contribution >= 4 is 15.9 Å². The largest absolute Gasteiger partial charge is 0.330 e. The van der Waals surface area contributed by atoms with Gasteiger partial charge in [0.1, 0.15) is 10.4 Å². The lowest BCUT2D eigenvalue weighted by molar-refractivity contribution is 0.329. The second-order valence-electron chi connectivity index (χ2n) is 5.52. The molecule has 1 aliphatic heterocycles. The highest BCUT2D eigenvalue weighted by atomic mass is 79.9. The van der Waals surface area contributed by atoms with Gasteiger partial charge >= 0.3 is 0 Å². The van der Waals surface area contributed by atoms with Crippen LogP contribution in [-0.4, -0.2) is 15.6 Å². The topological polar surface area (TPSA) is 29.9 Å². The van der Waals surface area contributed by atoms with E-state index in [1.165, 1.54) is 37.2 Å². The van der Waals surface area contributed by atoms with Gasteiger partial charge in [-0.25, -0.2) is 4.98 Å². The monoisotopic (exact) mass is 297 g/mol. The highest BCUT2D eigenvalue weighted by molar-refractivity contribution is 9.10. The van der Waals surface area contributed by atoms with Gasteiger partial charge in [-0.1, -0.05) is 13.3 Å². The summed E-state index contributed by atoms with van der Waals surface area (Å²) < 4.78 is 3.48. The summed E-state index contributed by atoms with van der Waals surface area (Å²) in [4.78, 5) is 4.67. The van der Waals surface area contributed by atoms with Crippen LogP contribution in [0.15, 0.2) is 4.60 Å². The number of fused-ring (bicyclic) bond motifs is 1. The molecule has 3 nitrogen and oxygen atoms in total. The van der Waals surface area contributed by atoms with Crippen LogP contribution in [0.2, 0.25) is 0 Å². The number of rotatable bonds is 3. The third-order valence-corrected chi connectivity index (χ3v) is 4.78. The zero-order chi connectivity index (χ0) is 11.8. The van der Waals surface area contributed by atoms with Crippen molar-refractivity contribution in [1.82, 2.24) is 14.9 Å². The van der Waals surface area contributed by atoms with Gasteiger partial charge in [-0.15, -0.1) is 0 Å². The molecule has 1 atom stereocenters. The van der Waals surface area contributed by atoms with Gasteiger partial charge in [-0.3, -0.25) is 0 Å². The number of nitrogens with one attached hydrogen (secondary N) is 1. The molecule has 94 valence electrons. The van der Waals surface area contributed by atoms with E-state index in [2.05, 4.69) is 37.7 Å². The third kappa shape index (κ3) is 2.29. The van der Waals surface area contributed by atoms with E-state index in [1.807, 2.05) is 0 Å². The highest BCUT2D eigenvalue weighted by Gasteiger charge is 2.23. The molecule has 4 heteroatoms. The molecule has 0 saturated heterocycles. The minimum atomic E-state index is 0.740. The minimum absolute atomic E-state index is 0.740. The zero-order valence-corrected chi connectivity index (χ0v) is 12.0. The number of hydrogen-bond donors (Lipinski definition) is 1. The normalized spacial score (nSPS) is 24.5. The molecule has 0 bridgehead atoms. The van der Waals surface area contributed by atoms with Crippen LogP contribution in [0, 0.1) is 5.92 Å². The number of aromatic nitrogens is 2. The fourth-order valence-electron chi connectivity index (χ4n) is 2.73. The standard InChI is InChI=1S/C13H20BrN3/c1-9-5-6-17-11(7-9)13(14)16-12(17)8-15-10-3-2-4-10/h9-10,15H,2-8H2,1H3. The Bertz CT molecular complexity index is 409. The number of hydrogen-bond acceptors (Lipinski definition) is 2. The Labute approximate surface area is 111 Å². The summed E-state index contributed by atoms with van der Waals surface area (Å²) >= 11 is 3.61. The minimum Gasteiger partial charge on any atom is -0.330 e. The molecule has 1 aromatic heterocycles. The first-order valence-corrected chi connectivity index (χ1v) is 7.50. The molecule has 0 amide bonds. The predicted molar refractivity (Wildman–Crippen MR) is 71.9 cm³/mol. The maximum absolute atomic E-state index is 4.67. The van der Waals surface area contributed by atoms with Crippen LogP contribution in [0.3, 0.4) is 0 Å². The molecule has 0 aromatic carbocycles. The molecule has 1 N–H and O–H groups in total. The molecule has 1 aromatic rings. The maximum Gasteiger partial charge on any atom is 0.127 e. The van der Waals surface area contributed by atoms with Crippen LogP contribution in [0.25, 0.3) is 0 Å². The molecule has 3 rings (SSSR count). The SMILES string of the molecule is CC1CCn2c(CNC3CCC3)nc(Br)c2C1. The van der Waals surface area contributed by atoms with Crippen molar-refractivity contribution < 1.29 is 0 Å². The van der Waals surface area contributed by atoms with Gasteiger partial charge in [0, 0.05) is 12.6 Å². The summed E-state index contributed by atoms with van der Waals surface area (Å²) in [6.07, 6.45) is 6.51. The van der Waals surface area contributed by atoms with Gasteiger partial charge in [0.05, 0.1) is 12.2 Å². The molecule has 1 saturated carbocycles. The van der Waals surface area contributed by atoms with Crippen molar-refractivity contribution in [3.63, 3.8) is 0 Å². The first kappa shape index (κ1) is 11.7. The van der Waals surface area contributed by atoms with E-state index in [9.17, 15) is 0 Å². The lowest BCUT2D eigenvalue weighted by atomic mass is 9.93. The van der Waals surface area contributed by atoms with Crippen LogP contribution >= 0.6 is 15.9 Å². The number of nitrogens with zero attached hydrogens (tertiary/aromatic N) is 2. The molecule has 2 aliphatic rings. The number of imidazole rings is 1. The molecule has 0 radical (unpaired) electrons. The Kier molecular flexibility index (Phi) is 3.26. The average Bonchev–Trinajstić information content (AvgIpc) is 2.54. The summed E-state index contributed by atoms with van der Waals surface area (Å²) in [5.74, 6) is 2.01. The summed E-state index contributed by atoms with van der Waals surface area (Å²) in [6, 6.07) is 0.740. The van der Waals surface area contributed by atoms with Crippen LogP contribution in [0.5, 0.6) is 0 Å². The Balaban J connectivity index is 1.73. The van der Waals surface area contributed by atoms with E-state index >= 15 is 0 Å². The summed E-state index contributed by atoms with van der Waals surface area (Å²) in [6.45, 7) is 4.39. The van der Waals surface area contributed by atoms with Crippen molar-refractivity contribution in [3.05, 3.63) is 16.1 Å². The van der Waals surface area contributed by atoms with Gasteiger partial charge in [0.25, 0.3) is 0 Å². The van der Waals surface area contributed by atoms with Gasteiger partial charge in [-0.2, -0.15) is 0 Å². The molecule has 1 fully saturated rings. The first-order chi connectivity index (χ1) is 8.24. The lowest BCUT2D eigenvalue weighted by Gasteiger charge is -2.27. The van der Waals surface area contributed by atoms with Gasteiger partial charge in [0.15, 0.2) is 0 Å². The Morgan fingerprint density at radius 1 is 1.41 bits per heavy atom. The van der Waals surface area contributed by atoms with Crippen LogP contribution in [0.1, 0.15) is 44.1 Å². The Morgan fingerprint density at radius 2 is 2.24 bits per heavy atom. The zero-order valence-electron chi connectivity index (χ0n) is 10.4. The van der Waals surface area contributed by atoms with E-state index in [0.717, 1.165) is 36.1 Å². The van der Waals surface area contributed by atoms with Crippen molar-refractivity contribution in [3.8, 4) is 0 Å². The fraction of sp³-hybridized carbons (Fsp3) is 0.769. The highest BCUT2D eigenvalue weighted by Crippen LogP contribution is 2.28. The molecule has 2 heterocycles. The van der Waals surface area contributed by atoms with Crippen molar-refractivity contribution in [1.29, 1.82) is 0 Å². The van der Waals surface area contributed by atoms with Crippen LogP contribution < -0.4 is 5.32 Å². The van der Waals surface area contributed by atoms with E-state index in [-0.39, 0.29) is 0 Å². The summed E-state index contributed by atoms with van der Waals surface area (Å²) in [7, 11) is 0. The van der Waals surface area contributed by atoms with Crippen molar-refractivity contribution in [2.24, 2.45) is 5.92 Å². The van der Waals surface area contributed by atoms with E-state index in [0.29, 0.717) is 0 Å². The molecule has 1 aliphatic carbocycles. The second-order valence-corrected chi connectivity index (χ2v) is 6.28.